The second-order valence-corrected chi connectivity index (χ2v) is 9.17. The molecular weight excluding hydrogens is 825 g/mol. The number of hydrogen-bond acceptors (Lipinski definition) is 5. The minimum Gasteiger partial charge on any atom is -0.473 e. The first-order valence-corrected chi connectivity index (χ1v) is 26.2. The highest BCUT2D eigenvalue weighted by Gasteiger charge is 1.87. The van der Waals surface area contributed by atoms with Crippen molar-refractivity contribution in [2.24, 2.45) is 7.05 Å². The van der Waals surface area contributed by atoms with Gasteiger partial charge in [0.15, 0.2) is 0 Å². The number of hydrogen-bond donors (Lipinski definition) is 0. The maximum absolute atomic E-state index is 4.58. The van der Waals surface area contributed by atoms with Gasteiger partial charge in [0.05, 0.1) is 23.6 Å². The Labute approximate surface area is 416 Å². The van der Waals surface area contributed by atoms with E-state index < -0.39 is 0 Å². The third-order valence-electron chi connectivity index (χ3n) is 5.20. The van der Waals surface area contributed by atoms with E-state index in [0.717, 1.165) is 11.0 Å². The van der Waals surface area contributed by atoms with Crippen molar-refractivity contribution in [2.75, 3.05) is 0 Å². The number of rotatable bonds is 0. The molecule has 0 aliphatic carbocycles. The largest absolute Gasteiger partial charge is 0.473 e. The van der Waals surface area contributed by atoms with Crippen LogP contribution in [0.2, 0.25) is 0 Å². The molecule has 378 valence electrons. The normalized spacial score (nSPS) is 6.86. The van der Waals surface area contributed by atoms with E-state index >= 15 is 0 Å². The lowest BCUT2D eigenvalue weighted by Crippen LogP contribution is -1.75. The molecule has 6 heteroatoms. The molecule has 0 aliphatic rings. The SMILES string of the molecule is CC.CC.CC.CC.CC.CC.CC.CC.CC.CC.CC.CC.Cn1cccc1.c1ccc2ncccc2c1.c1ccc2ncccc2c1.c1ccncc1.c1ccoc1.c1ccsc1. The number of pyridine rings is 3. The molecular formula is C60H106N4OS. The molecule has 6 aromatic heterocycles. The van der Waals surface area contributed by atoms with E-state index in [1.807, 2.05) is 316 Å². The first-order chi connectivity index (χ1) is 32.8. The molecule has 0 aliphatic heterocycles. The quantitative estimate of drug-likeness (QED) is 0.152. The maximum Gasteiger partial charge on any atom is 0.0902 e. The summed E-state index contributed by atoms with van der Waals surface area (Å²) in [5, 5.41) is 6.48. The molecule has 66 heavy (non-hydrogen) atoms. The number of aromatic nitrogens is 4. The zero-order valence-electron chi connectivity index (χ0n) is 47.5. The molecule has 5 nitrogen and oxygen atoms in total. The monoisotopic (exact) mass is 931 g/mol. The fourth-order valence-electron chi connectivity index (χ4n) is 3.22. The molecule has 0 unspecified atom stereocenters. The predicted molar refractivity (Wildman–Crippen MR) is 312 cm³/mol. The minimum atomic E-state index is 1.06. The van der Waals surface area contributed by atoms with Crippen LogP contribution in [0.4, 0.5) is 0 Å². The Morgan fingerprint density at radius 3 is 0.848 bits per heavy atom. The lowest BCUT2D eigenvalue weighted by atomic mass is 10.2. The molecule has 6 heterocycles. The van der Waals surface area contributed by atoms with Gasteiger partial charge in [-0.3, -0.25) is 15.0 Å². The first-order valence-electron chi connectivity index (χ1n) is 25.3. The predicted octanol–water partition coefficient (Wildman–Crippen LogP) is 21.9. The Morgan fingerprint density at radius 2 is 0.652 bits per heavy atom. The van der Waals surface area contributed by atoms with Crippen molar-refractivity contribution in [1.29, 1.82) is 0 Å². The van der Waals surface area contributed by atoms with Gasteiger partial charge < -0.3 is 8.98 Å². The summed E-state index contributed by atoms with van der Waals surface area (Å²) in [5.74, 6) is 0. The molecule has 0 bridgehead atoms. The molecule has 8 rings (SSSR count). The molecule has 0 amide bonds. The van der Waals surface area contributed by atoms with Crippen LogP contribution in [0.5, 0.6) is 0 Å². The molecule has 0 saturated heterocycles. The number of nitrogens with zero attached hydrogens (tertiary/aromatic N) is 4. The molecule has 0 N–H and O–H groups in total. The van der Waals surface area contributed by atoms with E-state index in [-0.39, 0.29) is 0 Å². The second kappa shape index (κ2) is 98.5. The summed E-state index contributed by atoms with van der Waals surface area (Å²) < 4.78 is 6.58. The Bertz CT molecular complexity index is 1400. The van der Waals surface area contributed by atoms with Crippen molar-refractivity contribution in [3.05, 3.63) is 188 Å². The van der Waals surface area contributed by atoms with E-state index in [2.05, 4.69) is 43.6 Å². The Hall–Kier alpha value is -5.33. The highest BCUT2D eigenvalue weighted by molar-refractivity contribution is 7.07. The minimum absolute atomic E-state index is 1.06. The smallest absolute Gasteiger partial charge is 0.0902 e. The van der Waals surface area contributed by atoms with E-state index in [0.29, 0.717) is 0 Å². The van der Waals surface area contributed by atoms with Gasteiger partial charge in [0.1, 0.15) is 0 Å². The van der Waals surface area contributed by atoms with E-state index in [1.165, 1.54) is 10.8 Å². The molecule has 0 atom stereocenters. The number of furan rings is 1. The fraction of sp³-hybridized carbons (Fsp3) is 0.417. The van der Waals surface area contributed by atoms with Crippen LogP contribution in [0, 0.1) is 0 Å². The van der Waals surface area contributed by atoms with Crippen molar-refractivity contribution >= 4 is 33.1 Å². The van der Waals surface area contributed by atoms with Gasteiger partial charge in [-0.2, -0.15) is 11.3 Å². The molecule has 0 spiro atoms. The van der Waals surface area contributed by atoms with Gasteiger partial charge in [0.25, 0.3) is 0 Å². The molecule has 0 saturated carbocycles. The van der Waals surface area contributed by atoms with E-state index in [1.54, 1.807) is 36.3 Å². The number of aryl methyl sites for hydroxylation is 1. The topological polar surface area (TPSA) is 56.7 Å². The Kier molecular flexibility index (Phi) is 126. The maximum atomic E-state index is 4.58. The second-order valence-electron chi connectivity index (χ2n) is 8.35. The van der Waals surface area contributed by atoms with Crippen LogP contribution < -0.4 is 0 Å². The third kappa shape index (κ3) is 67.7. The molecule has 0 fully saturated rings. The zero-order valence-corrected chi connectivity index (χ0v) is 48.3. The summed E-state index contributed by atoms with van der Waals surface area (Å²) >= 11 is 1.71. The third-order valence-corrected chi connectivity index (χ3v) is 5.82. The van der Waals surface area contributed by atoms with Gasteiger partial charge in [-0.1, -0.05) is 233 Å². The van der Waals surface area contributed by atoms with Gasteiger partial charge in [-0.05, 0) is 71.4 Å². The van der Waals surface area contributed by atoms with Crippen molar-refractivity contribution in [3.8, 4) is 0 Å². The standard InChI is InChI=1S/2C9H7N.C5H7N.C5H5N.C4H4O.C4H4S.12C2H6/c2*1-2-6-9-8(4-1)5-3-7-10-9;1-6-4-2-3-5-6;1-2-4-6-5-3-1;2*1-2-4-5-3-1;12*1-2/h2*1-7H;2-5H,1H3;1-5H;2*1-4H;12*1-2H3. The highest BCUT2D eigenvalue weighted by atomic mass is 32.1. The average molecular weight is 932 g/mol. The summed E-state index contributed by atoms with van der Waals surface area (Å²) in [6.45, 7) is 48.0. The number of benzene rings is 2. The van der Waals surface area contributed by atoms with Gasteiger partial charge >= 0.3 is 0 Å². The summed E-state index contributed by atoms with van der Waals surface area (Å²) in [6.07, 6.45) is 14.4. The van der Waals surface area contributed by atoms with Gasteiger partial charge in [-0.25, -0.2) is 0 Å². The van der Waals surface area contributed by atoms with Crippen LogP contribution in [0.3, 0.4) is 0 Å². The molecule has 2 aromatic carbocycles. The highest BCUT2D eigenvalue weighted by Crippen LogP contribution is 2.08. The zero-order chi connectivity index (χ0) is 53.3. The first kappa shape index (κ1) is 84.1. The summed E-state index contributed by atoms with van der Waals surface area (Å²) in [4.78, 5) is 12.1. The fourth-order valence-corrected chi connectivity index (χ4v) is 3.67. The van der Waals surface area contributed by atoms with Crippen molar-refractivity contribution in [2.45, 2.75) is 166 Å². The average Bonchev–Trinajstić information content (AvgIpc) is 4.34. The van der Waals surface area contributed by atoms with Gasteiger partial charge in [0, 0.05) is 55.0 Å². The lowest BCUT2D eigenvalue weighted by molar-refractivity contribution is 0.567. The number of fused-ring (bicyclic) bond motifs is 2. The number of para-hydroxylation sites is 2. The van der Waals surface area contributed by atoms with Crippen LogP contribution in [0.25, 0.3) is 21.8 Å². The van der Waals surface area contributed by atoms with Crippen molar-refractivity contribution < 1.29 is 4.42 Å². The Balaban J connectivity index is -0.0000000661. The van der Waals surface area contributed by atoms with Crippen LogP contribution >= 0.6 is 11.3 Å². The van der Waals surface area contributed by atoms with Crippen molar-refractivity contribution in [1.82, 2.24) is 19.5 Å². The van der Waals surface area contributed by atoms with Crippen LogP contribution in [0.15, 0.2) is 192 Å². The lowest BCUT2D eigenvalue weighted by Gasteiger charge is -1.91. The van der Waals surface area contributed by atoms with Gasteiger partial charge in [0.2, 0.25) is 0 Å². The molecule has 8 aromatic rings. The molecule has 0 radical (unpaired) electrons. The summed E-state index contributed by atoms with van der Waals surface area (Å²) in [7, 11) is 2.00. The summed E-state index contributed by atoms with van der Waals surface area (Å²) in [6, 6.07) is 41.6. The Morgan fingerprint density at radius 1 is 0.333 bits per heavy atom. The number of thiophene rings is 1. The van der Waals surface area contributed by atoms with Crippen LogP contribution in [-0.4, -0.2) is 19.5 Å². The van der Waals surface area contributed by atoms with Gasteiger partial charge in [-0.15, -0.1) is 0 Å². The van der Waals surface area contributed by atoms with E-state index in [4.69, 9.17) is 0 Å². The summed E-state index contributed by atoms with van der Waals surface area (Å²) in [5.41, 5.74) is 2.12. The van der Waals surface area contributed by atoms with Crippen LogP contribution in [0.1, 0.15) is 166 Å². The van der Waals surface area contributed by atoms with Crippen molar-refractivity contribution in [3.63, 3.8) is 0 Å². The van der Waals surface area contributed by atoms with E-state index in [9.17, 15) is 0 Å². The van der Waals surface area contributed by atoms with Crippen LogP contribution in [-0.2, 0) is 7.05 Å².